The van der Waals surface area contributed by atoms with E-state index in [1.165, 1.54) is 29.7 Å². The third kappa shape index (κ3) is 3.54. The molecule has 2 amide bonds. The van der Waals surface area contributed by atoms with Crippen LogP contribution < -0.4 is 10.1 Å². The van der Waals surface area contributed by atoms with Gasteiger partial charge in [0.15, 0.2) is 5.82 Å². The van der Waals surface area contributed by atoms with E-state index in [9.17, 15) is 4.79 Å². The number of nitrogens with zero attached hydrogens (tertiary/aromatic N) is 3. The molecule has 2 aromatic rings. The van der Waals surface area contributed by atoms with Crippen LogP contribution in [-0.2, 0) is 20.0 Å². The molecule has 6 heteroatoms. The van der Waals surface area contributed by atoms with Crippen molar-refractivity contribution in [1.82, 2.24) is 14.7 Å². The van der Waals surface area contributed by atoms with E-state index in [2.05, 4.69) is 29.5 Å². The number of ether oxygens (including phenoxy) is 1. The molecule has 1 N–H and O–H groups in total. The number of anilines is 1. The Morgan fingerprint density at radius 2 is 2.15 bits per heavy atom. The van der Waals surface area contributed by atoms with Gasteiger partial charge in [0.2, 0.25) is 0 Å². The summed E-state index contributed by atoms with van der Waals surface area (Å²) in [5, 5.41) is 7.39. The number of aryl methyl sites for hydroxylation is 1. The average molecular weight is 354 g/mol. The third-order valence-electron chi connectivity index (χ3n) is 5.10. The van der Waals surface area contributed by atoms with Crippen LogP contribution >= 0.6 is 0 Å². The summed E-state index contributed by atoms with van der Waals surface area (Å²) in [4.78, 5) is 14.5. The second-order valence-corrected chi connectivity index (χ2v) is 7.23. The minimum Gasteiger partial charge on any atom is -0.494 e. The van der Waals surface area contributed by atoms with Gasteiger partial charge in [0, 0.05) is 37.8 Å². The first kappa shape index (κ1) is 16.9. The van der Waals surface area contributed by atoms with E-state index in [1.807, 2.05) is 28.8 Å². The van der Waals surface area contributed by atoms with Crippen LogP contribution in [0, 0.1) is 0 Å². The van der Waals surface area contributed by atoms with Gasteiger partial charge >= 0.3 is 6.03 Å². The number of carbonyl (C=O) groups excluding carboxylic acids is 1. The fourth-order valence-corrected chi connectivity index (χ4v) is 3.50. The first-order valence-electron chi connectivity index (χ1n) is 9.48. The largest absolute Gasteiger partial charge is 0.494 e. The molecule has 1 aliphatic heterocycles. The lowest BCUT2D eigenvalue weighted by molar-refractivity contribution is 0.206. The molecule has 1 aromatic carbocycles. The summed E-state index contributed by atoms with van der Waals surface area (Å²) in [6.45, 7) is 4.17. The lowest BCUT2D eigenvalue weighted by Crippen LogP contribution is -2.39. The van der Waals surface area contributed by atoms with Gasteiger partial charge in [-0.3, -0.25) is 10.00 Å². The Balaban J connectivity index is 1.40. The van der Waals surface area contributed by atoms with Gasteiger partial charge in [-0.2, -0.15) is 5.10 Å². The van der Waals surface area contributed by atoms with E-state index in [-0.39, 0.29) is 6.03 Å². The minimum absolute atomic E-state index is 0.0811. The van der Waals surface area contributed by atoms with Crippen LogP contribution in [0.2, 0.25) is 0 Å². The molecular formula is C20H26N4O2. The molecule has 0 bridgehead atoms. The van der Waals surface area contributed by atoms with Crippen molar-refractivity contribution in [2.45, 2.75) is 45.1 Å². The highest BCUT2D eigenvalue weighted by atomic mass is 16.5. The van der Waals surface area contributed by atoms with Gasteiger partial charge in [-0.15, -0.1) is 0 Å². The van der Waals surface area contributed by atoms with Gasteiger partial charge in [-0.25, -0.2) is 4.79 Å². The van der Waals surface area contributed by atoms with E-state index in [4.69, 9.17) is 4.74 Å². The van der Waals surface area contributed by atoms with Gasteiger partial charge < -0.3 is 9.64 Å². The van der Waals surface area contributed by atoms with Crippen molar-refractivity contribution in [2.75, 3.05) is 18.5 Å². The number of amides is 2. The molecular weight excluding hydrogens is 328 g/mol. The SMILES string of the molecule is CCCOc1ccc2c(c1)CCN(C(=O)Nc1cc(C3CC3)n(C)n1)C2. The Kier molecular flexibility index (Phi) is 4.57. The predicted octanol–water partition coefficient (Wildman–Crippen LogP) is 3.68. The van der Waals surface area contributed by atoms with Crippen LogP contribution in [0.1, 0.15) is 48.9 Å². The maximum absolute atomic E-state index is 12.6. The highest BCUT2D eigenvalue weighted by Crippen LogP contribution is 2.40. The van der Waals surface area contributed by atoms with Crippen LogP contribution in [0.4, 0.5) is 10.6 Å². The highest BCUT2D eigenvalue weighted by molar-refractivity contribution is 5.88. The Labute approximate surface area is 154 Å². The third-order valence-corrected chi connectivity index (χ3v) is 5.10. The van der Waals surface area contributed by atoms with Gasteiger partial charge in [0.1, 0.15) is 5.75 Å². The van der Waals surface area contributed by atoms with Crippen molar-refractivity contribution in [1.29, 1.82) is 0 Å². The number of urea groups is 1. The quantitative estimate of drug-likeness (QED) is 0.891. The standard InChI is InChI=1S/C20H26N4O2/c1-3-10-26-17-7-6-16-13-24(9-8-15(16)11-17)20(25)21-19-12-18(14-4-5-14)23(2)22-19/h6-7,11-12,14H,3-5,8-10,13H2,1-2H3,(H,21,22,25). The number of hydrogen-bond donors (Lipinski definition) is 1. The average Bonchev–Trinajstić information content (AvgIpc) is 3.42. The maximum Gasteiger partial charge on any atom is 0.323 e. The lowest BCUT2D eigenvalue weighted by atomic mass is 10.00. The molecule has 1 aliphatic carbocycles. The van der Waals surface area contributed by atoms with Crippen LogP contribution in [0.25, 0.3) is 0 Å². The number of fused-ring (bicyclic) bond motifs is 1. The molecule has 0 radical (unpaired) electrons. The van der Waals surface area contributed by atoms with E-state index in [0.29, 0.717) is 24.8 Å². The minimum atomic E-state index is -0.0811. The van der Waals surface area contributed by atoms with Crippen LogP contribution in [0.3, 0.4) is 0 Å². The molecule has 0 atom stereocenters. The Morgan fingerprint density at radius 3 is 2.92 bits per heavy atom. The molecule has 2 heterocycles. The zero-order valence-corrected chi connectivity index (χ0v) is 15.5. The summed E-state index contributed by atoms with van der Waals surface area (Å²) in [5.74, 6) is 2.18. The topological polar surface area (TPSA) is 59.4 Å². The molecule has 2 aliphatic rings. The zero-order valence-electron chi connectivity index (χ0n) is 15.5. The van der Waals surface area contributed by atoms with E-state index >= 15 is 0 Å². The molecule has 0 unspecified atom stereocenters. The van der Waals surface area contributed by atoms with Crippen molar-refractivity contribution in [3.63, 3.8) is 0 Å². The summed E-state index contributed by atoms with van der Waals surface area (Å²) in [5.41, 5.74) is 3.68. The summed E-state index contributed by atoms with van der Waals surface area (Å²) in [7, 11) is 1.94. The summed E-state index contributed by atoms with van der Waals surface area (Å²) in [6, 6.07) is 8.11. The lowest BCUT2D eigenvalue weighted by Gasteiger charge is -2.29. The molecule has 138 valence electrons. The van der Waals surface area contributed by atoms with Gasteiger partial charge in [-0.1, -0.05) is 13.0 Å². The molecule has 4 rings (SSSR count). The number of hydrogen-bond acceptors (Lipinski definition) is 3. The van der Waals surface area contributed by atoms with Gasteiger partial charge in [-0.05, 0) is 48.9 Å². The second kappa shape index (κ2) is 7.02. The van der Waals surface area contributed by atoms with E-state index < -0.39 is 0 Å². The van der Waals surface area contributed by atoms with Crippen molar-refractivity contribution in [2.24, 2.45) is 7.05 Å². The monoisotopic (exact) mass is 354 g/mol. The molecule has 6 nitrogen and oxygen atoms in total. The fraction of sp³-hybridized carbons (Fsp3) is 0.500. The highest BCUT2D eigenvalue weighted by Gasteiger charge is 2.28. The van der Waals surface area contributed by atoms with Crippen LogP contribution in [0.5, 0.6) is 5.75 Å². The molecule has 1 saturated carbocycles. The summed E-state index contributed by atoms with van der Waals surface area (Å²) in [6.07, 6.45) is 4.29. The fourth-order valence-electron chi connectivity index (χ4n) is 3.50. The number of aromatic nitrogens is 2. The Bertz CT molecular complexity index is 810. The van der Waals surface area contributed by atoms with Crippen LogP contribution in [0.15, 0.2) is 24.3 Å². The molecule has 0 spiro atoms. The Hall–Kier alpha value is -2.50. The smallest absolute Gasteiger partial charge is 0.323 e. The van der Waals surface area contributed by atoms with E-state index in [0.717, 1.165) is 25.2 Å². The first-order chi connectivity index (χ1) is 12.6. The molecule has 1 fully saturated rings. The summed E-state index contributed by atoms with van der Waals surface area (Å²) < 4.78 is 7.59. The first-order valence-corrected chi connectivity index (χ1v) is 9.48. The van der Waals surface area contributed by atoms with Crippen molar-refractivity contribution >= 4 is 11.8 Å². The van der Waals surface area contributed by atoms with E-state index in [1.54, 1.807) is 0 Å². The maximum atomic E-state index is 12.6. The second-order valence-electron chi connectivity index (χ2n) is 7.23. The van der Waals surface area contributed by atoms with Crippen molar-refractivity contribution < 1.29 is 9.53 Å². The number of rotatable bonds is 5. The number of benzene rings is 1. The summed E-state index contributed by atoms with van der Waals surface area (Å²) >= 11 is 0. The number of carbonyl (C=O) groups is 1. The zero-order chi connectivity index (χ0) is 18.1. The molecule has 0 saturated heterocycles. The molecule has 26 heavy (non-hydrogen) atoms. The van der Waals surface area contributed by atoms with Crippen LogP contribution in [-0.4, -0.2) is 33.9 Å². The van der Waals surface area contributed by atoms with Gasteiger partial charge in [0.05, 0.1) is 6.61 Å². The Morgan fingerprint density at radius 1 is 1.31 bits per heavy atom. The van der Waals surface area contributed by atoms with Crippen molar-refractivity contribution in [3.8, 4) is 5.75 Å². The number of nitrogens with one attached hydrogen (secondary N) is 1. The normalized spacial score (nSPS) is 16.3. The van der Waals surface area contributed by atoms with Gasteiger partial charge in [0.25, 0.3) is 0 Å². The predicted molar refractivity (Wildman–Crippen MR) is 101 cm³/mol. The van der Waals surface area contributed by atoms with Crippen molar-refractivity contribution in [3.05, 3.63) is 41.1 Å². The molecule has 1 aromatic heterocycles.